The molecule has 1 aliphatic carbocycles. The third kappa shape index (κ3) is 2.90. The third-order valence-corrected chi connectivity index (χ3v) is 5.39. The van der Waals surface area contributed by atoms with Crippen LogP contribution in [-0.4, -0.2) is 26.0 Å². The Morgan fingerprint density at radius 3 is 2.74 bits per heavy atom. The first-order valence-electron chi connectivity index (χ1n) is 6.38. The molecule has 0 saturated heterocycles. The van der Waals surface area contributed by atoms with Crippen LogP contribution >= 0.6 is 0 Å². The number of hydrogen-bond donors (Lipinski definition) is 1. The van der Waals surface area contributed by atoms with E-state index in [-0.39, 0.29) is 11.3 Å². The predicted octanol–water partition coefficient (Wildman–Crippen LogP) is 2.24. The summed E-state index contributed by atoms with van der Waals surface area (Å²) in [7, 11) is -3.05. The van der Waals surface area contributed by atoms with Gasteiger partial charge in [0.15, 0.2) is 9.84 Å². The van der Waals surface area contributed by atoms with Crippen molar-refractivity contribution in [1.29, 1.82) is 5.26 Å². The Bertz CT molecular complexity index is 617. The molecule has 0 aromatic heterocycles. The summed E-state index contributed by atoms with van der Waals surface area (Å²) in [5, 5.41) is 12.1. The fourth-order valence-corrected chi connectivity index (χ4v) is 4.14. The molecule has 0 amide bonds. The molecule has 4 nitrogen and oxygen atoms in total. The van der Waals surface area contributed by atoms with E-state index >= 15 is 0 Å². The molecule has 0 heterocycles. The molecule has 1 saturated carbocycles. The van der Waals surface area contributed by atoms with Crippen LogP contribution in [0.1, 0.15) is 30.4 Å². The van der Waals surface area contributed by atoms with Gasteiger partial charge in [-0.05, 0) is 37.8 Å². The third-order valence-electron chi connectivity index (χ3n) is 3.73. The number of sulfone groups is 1. The van der Waals surface area contributed by atoms with Gasteiger partial charge in [0.2, 0.25) is 0 Å². The quantitative estimate of drug-likeness (QED) is 0.920. The predicted molar refractivity (Wildman–Crippen MR) is 75.8 cm³/mol. The van der Waals surface area contributed by atoms with Gasteiger partial charge in [0, 0.05) is 12.3 Å². The van der Waals surface area contributed by atoms with Gasteiger partial charge in [0.25, 0.3) is 0 Å². The lowest BCUT2D eigenvalue weighted by Crippen LogP contribution is -2.34. The summed E-state index contributed by atoms with van der Waals surface area (Å²) >= 11 is 0. The summed E-state index contributed by atoms with van der Waals surface area (Å²) < 4.78 is 23.5. The Balaban J connectivity index is 2.27. The highest BCUT2D eigenvalue weighted by molar-refractivity contribution is 7.91. The van der Waals surface area contributed by atoms with Crippen LogP contribution in [0.3, 0.4) is 0 Å². The lowest BCUT2D eigenvalue weighted by Gasteiger charge is -2.21. The maximum Gasteiger partial charge on any atom is 0.152 e. The van der Waals surface area contributed by atoms with Crippen molar-refractivity contribution in [3.8, 4) is 6.07 Å². The number of anilines is 1. The zero-order valence-electron chi connectivity index (χ0n) is 11.2. The minimum Gasteiger partial charge on any atom is -0.380 e. The molecular formula is C14H18N2O2S. The van der Waals surface area contributed by atoms with E-state index < -0.39 is 9.84 Å². The molecule has 0 bridgehead atoms. The maximum absolute atomic E-state index is 11.8. The molecule has 19 heavy (non-hydrogen) atoms. The fraction of sp³-hybridized carbons (Fsp3) is 0.500. The van der Waals surface area contributed by atoms with Gasteiger partial charge >= 0.3 is 0 Å². The van der Waals surface area contributed by atoms with Crippen LogP contribution in [-0.2, 0) is 9.84 Å². The lowest BCUT2D eigenvalue weighted by atomic mass is 10.1. The van der Waals surface area contributed by atoms with Crippen LogP contribution in [0, 0.1) is 18.3 Å². The lowest BCUT2D eigenvalue weighted by molar-refractivity contribution is 0.579. The highest BCUT2D eigenvalue weighted by Gasteiger charge is 2.34. The van der Waals surface area contributed by atoms with Crippen LogP contribution in [0.2, 0.25) is 0 Å². The Labute approximate surface area is 114 Å². The molecule has 0 aliphatic heterocycles. The Morgan fingerprint density at radius 2 is 2.11 bits per heavy atom. The SMILES string of the molecule is Cc1cccc(NC2CCCC2S(C)(=O)=O)c1C#N. The van der Waals surface area contributed by atoms with E-state index in [2.05, 4.69) is 11.4 Å². The maximum atomic E-state index is 11.8. The number of benzene rings is 1. The second kappa shape index (κ2) is 5.22. The fourth-order valence-electron chi connectivity index (χ4n) is 2.74. The number of aryl methyl sites for hydroxylation is 1. The van der Waals surface area contributed by atoms with Crippen LogP contribution in [0.25, 0.3) is 0 Å². The second-order valence-electron chi connectivity index (χ2n) is 5.16. The van der Waals surface area contributed by atoms with Gasteiger partial charge in [0.05, 0.1) is 16.5 Å². The second-order valence-corrected chi connectivity index (χ2v) is 7.42. The molecule has 0 spiro atoms. The molecule has 1 N–H and O–H groups in total. The van der Waals surface area contributed by atoms with Gasteiger partial charge < -0.3 is 5.32 Å². The molecular weight excluding hydrogens is 260 g/mol. The van der Waals surface area contributed by atoms with Gasteiger partial charge in [-0.15, -0.1) is 0 Å². The van der Waals surface area contributed by atoms with E-state index in [1.807, 2.05) is 25.1 Å². The molecule has 2 atom stereocenters. The van der Waals surface area contributed by atoms with E-state index in [4.69, 9.17) is 0 Å². The van der Waals surface area contributed by atoms with E-state index in [0.717, 1.165) is 24.1 Å². The van der Waals surface area contributed by atoms with E-state index in [0.29, 0.717) is 12.0 Å². The van der Waals surface area contributed by atoms with Crippen molar-refractivity contribution >= 4 is 15.5 Å². The standard InChI is InChI=1S/C14H18N2O2S/c1-10-5-3-6-12(11(10)9-15)16-13-7-4-8-14(13)19(2,17)18/h3,5-6,13-14,16H,4,7-8H2,1-2H3. The summed E-state index contributed by atoms with van der Waals surface area (Å²) in [6.07, 6.45) is 3.73. The zero-order valence-corrected chi connectivity index (χ0v) is 12.0. The van der Waals surface area contributed by atoms with E-state index in [9.17, 15) is 13.7 Å². The molecule has 102 valence electrons. The Hall–Kier alpha value is -1.54. The summed E-state index contributed by atoms with van der Waals surface area (Å²) in [5.41, 5.74) is 2.24. The normalized spacial score (nSPS) is 23.0. The van der Waals surface area contributed by atoms with Crippen LogP contribution in [0.4, 0.5) is 5.69 Å². The van der Waals surface area contributed by atoms with Crippen molar-refractivity contribution in [2.75, 3.05) is 11.6 Å². The first-order chi connectivity index (χ1) is 8.93. The summed E-state index contributed by atoms with van der Waals surface area (Å²) in [6, 6.07) is 7.68. The smallest absolute Gasteiger partial charge is 0.152 e. The molecule has 2 rings (SSSR count). The van der Waals surface area contributed by atoms with Gasteiger partial charge in [-0.2, -0.15) is 5.26 Å². The average Bonchev–Trinajstić information content (AvgIpc) is 2.77. The Kier molecular flexibility index (Phi) is 3.81. The van der Waals surface area contributed by atoms with Crippen LogP contribution in [0.15, 0.2) is 18.2 Å². The number of nitrogens with one attached hydrogen (secondary N) is 1. The van der Waals surface area contributed by atoms with Crippen molar-refractivity contribution < 1.29 is 8.42 Å². The average molecular weight is 278 g/mol. The van der Waals surface area contributed by atoms with E-state index in [1.165, 1.54) is 6.26 Å². The number of rotatable bonds is 3. The first-order valence-corrected chi connectivity index (χ1v) is 8.34. The zero-order chi connectivity index (χ0) is 14.0. The van der Waals surface area contributed by atoms with Crippen molar-refractivity contribution in [1.82, 2.24) is 0 Å². The Morgan fingerprint density at radius 1 is 1.37 bits per heavy atom. The largest absolute Gasteiger partial charge is 0.380 e. The summed E-state index contributed by atoms with van der Waals surface area (Å²) in [4.78, 5) is 0. The topological polar surface area (TPSA) is 70.0 Å². The molecule has 1 fully saturated rings. The molecule has 5 heteroatoms. The van der Waals surface area contributed by atoms with Crippen LogP contribution < -0.4 is 5.32 Å². The van der Waals surface area contributed by atoms with Crippen molar-refractivity contribution in [3.05, 3.63) is 29.3 Å². The number of nitriles is 1. The van der Waals surface area contributed by atoms with Gasteiger partial charge in [-0.1, -0.05) is 12.1 Å². The van der Waals surface area contributed by atoms with Gasteiger partial charge in [0.1, 0.15) is 6.07 Å². The molecule has 2 unspecified atom stereocenters. The first kappa shape index (κ1) is 13.9. The van der Waals surface area contributed by atoms with E-state index in [1.54, 1.807) is 0 Å². The summed E-state index contributed by atoms with van der Waals surface area (Å²) in [5.74, 6) is 0. The molecule has 1 aromatic rings. The van der Waals surface area contributed by atoms with Crippen LogP contribution in [0.5, 0.6) is 0 Å². The minimum absolute atomic E-state index is 0.0936. The van der Waals surface area contributed by atoms with Gasteiger partial charge in [-0.3, -0.25) is 0 Å². The molecule has 1 aliphatic rings. The number of hydrogen-bond acceptors (Lipinski definition) is 4. The van der Waals surface area contributed by atoms with Gasteiger partial charge in [-0.25, -0.2) is 8.42 Å². The molecule has 0 radical (unpaired) electrons. The van der Waals surface area contributed by atoms with Crippen molar-refractivity contribution in [3.63, 3.8) is 0 Å². The minimum atomic E-state index is -3.05. The number of nitrogens with zero attached hydrogens (tertiary/aromatic N) is 1. The highest BCUT2D eigenvalue weighted by atomic mass is 32.2. The van der Waals surface area contributed by atoms with Crippen molar-refractivity contribution in [2.24, 2.45) is 0 Å². The van der Waals surface area contributed by atoms with Crippen molar-refractivity contribution in [2.45, 2.75) is 37.5 Å². The summed E-state index contributed by atoms with van der Waals surface area (Å²) in [6.45, 7) is 1.88. The monoisotopic (exact) mass is 278 g/mol. The highest BCUT2D eigenvalue weighted by Crippen LogP contribution is 2.29. The molecule has 1 aromatic carbocycles.